The highest BCUT2D eigenvalue weighted by Gasteiger charge is 2.54. The second kappa shape index (κ2) is 6.02. The summed E-state index contributed by atoms with van der Waals surface area (Å²) in [5.41, 5.74) is 1.78. The van der Waals surface area contributed by atoms with Crippen LogP contribution < -0.4 is 5.32 Å². The van der Waals surface area contributed by atoms with E-state index in [-0.39, 0.29) is 0 Å². The fourth-order valence-corrected chi connectivity index (χ4v) is 6.52. The summed E-state index contributed by atoms with van der Waals surface area (Å²) in [6, 6.07) is 15.4. The van der Waals surface area contributed by atoms with Crippen LogP contribution in [0.2, 0.25) is 0 Å². The lowest BCUT2D eigenvalue weighted by molar-refractivity contribution is -0.718. The Morgan fingerprint density at radius 1 is 0.960 bits per heavy atom. The van der Waals surface area contributed by atoms with E-state index >= 15 is 0 Å². The molecule has 0 radical (unpaired) electrons. The number of quaternary nitrogens is 1. The van der Waals surface area contributed by atoms with Gasteiger partial charge in [0.1, 0.15) is 12.3 Å². The highest BCUT2D eigenvalue weighted by Crippen LogP contribution is 2.60. The zero-order chi connectivity index (χ0) is 16.9. The van der Waals surface area contributed by atoms with E-state index in [4.69, 9.17) is 4.42 Å². The summed E-state index contributed by atoms with van der Waals surface area (Å²) >= 11 is 0. The van der Waals surface area contributed by atoms with E-state index in [1.165, 1.54) is 44.1 Å². The van der Waals surface area contributed by atoms with Crippen molar-refractivity contribution in [2.45, 2.75) is 58.0 Å². The Kier molecular flexibility index (Phi) is 3.78. The SMILES string of the molecule is C[C@H]([NH2+]Cc1ccc(-c2ccccc2)o1)C12CC3CC(CC(C3)C1)C2. The third-order valence-electron chi connectivity index (χ3n) is 7.44. The van der Waals surface area contributed by atoms with Gasteiger partial charge in [-0.15, -0.1) is 0 Å². The number of benzene rings is 1. The summed E-state index contributed by atoms with van der Waals surface area (Å²) in [7, 11) is 0. The van der Waals surface area contributed by atoms with Gasteiger partial charge in [0.05, 0.1) is 6.04 Å². The lowest BCUT2D eigenvalue weighted by Crippen LogP contribution is -2.91. The molecule has 0 amide bonds. The van der Waals surface area contributed by atoms with E-state index < -0.39 is 0 Å². The number of furan rings is 1. The molecule has 2 heteroatoms. The molecule has 4 fully saturated rings. The van der Waals surface area contributed by atoms with Crippen molar-refractivity contribution in [3.8, 4) is 11.3 Å². The molecule has 25 heavy (non-hydrogen) atoms. The smallest absolute Gasteiger partial charge is 0.158 e. The topological polar surface area (TPSA) is 29.8 Å². The fraction of sp³-hybridized carbons (Fsp3) is 0.565. The van der Waals surface area contributed by atoms with Crippen LogP contribution in [-0.4, -0.2) is 6.04 Å². The lowest BCUT2D eigenvalue weighted by Gasteiger charge is -2.57. The van der Waals surface area contributed by atoms with Crippen molar-refractivity contribution in [1.29, 1.82) is 0 Å². The molecular weight excluding hydrogens is 306 g/mol. The molecule has 2 nitrogen and oxygen atoms in total. The van der Waals surface area contributed by atoms with Gasteiger partial charge in [-0.05, 0) is 75.3 Å². The molecule has 1 heterocycles. The number of nitrogens with two attached hydrogens (primary N) is 1. The standard InChI is InChI=1S/C23H29NO/c1-16(23-12-17-9-18(13-23)11-19(10-17)14-23)24-15-21-7-8-22(25-21)20-5-3-2-4-6-20/h2-8,16-19,24H,9-15H2,1H3/p+1/t16-,17?,18?,19?,23?/m0/s1. The van der Waals surface area contributed by atoms with E-state index in [1.807, 2.05) is 6.07 Å². The Balaban J connectivity index is 1.25. The van der Waals surface area contributed by atoms with Gasteiger partial charge in [0, 0.05) is 11.0 Å². The lowest BCUT2D eigenvalue weighted by atomic mass is 9.48. The van der Waals surface area contributed by atoms with Crippen molar-refractivity contribution in [2.24, 2.45) is 23.2 Å². The maximum Gasteiger partial charge on any atom is 0.158 e. The predicted molar refractivity (Wildman–Crippen MR) is 99.8 cm³/mol. The molecule has 2 aromatic rings. The minimum atomic E-state index is 0.615. The maximum absolute atomic E-state index is 6.11. The van der Waals surface area contributed by atoms with Crippen LogP contribution >= 0.6 is 0 Å². The van der Waals surface area contributed by atoms with Gasteiger partial charge in [-0.1, -0.05) is 30.3 Å². The maximum atomic E-state index is 6.11. The van der Waals surface area contributed by atoms with Gasteiger partial charge in [0.25, 0.3) is 0 Å². The van der Waals surface area contributed by atoms with Crippen molar-refractivity contribution >= 4 is 0 Å². The predicted octanol–water partition coefficient (Wildman–Crippen LogP) is 4.61. The van der Waals surface area contributed by atoms with Crippen LogP contribution in [0.3, 0.4) is 0 Å². The van der Waals surface area contributed by atoms with Gasteiger partial charge in [-0.3, -0.25) is 0 Å². The molecule has 0 spiro atoms. The van der Waals surface area contributed by atoms with Crippen LogP contribution in [0.25, 0.3) is 11.3 Å². The first-order chi connectivity index (χ1) is 12.2. The summed E-state index contributed by atoms with van der Waals surface area (Å²) in [4.78, 5) is 0. The van der Waals surface area contributed by atoms with Gasteiger partial charge in [0.2, 0.25) is 0 Å². The molecule has 4 aliphatic rings. The Bertz CT molecular complexity index is 696. The second-order valence-corrected chi connectivity index (χ2v) is 9.14. The zero-order valence-corrected chi connectivity index (χ0v) is 15.3. The summed E-state index contributed by atoms with van der Waals surface area (Å²) < 4.78 is 6.11. The van der Waals surface area contributed by atoms with E-state index in [0.29, 0.717) is 11.5 Å². The van der Waals surface area contributed by atoms with Crippen LogP contribution in [0, 0.1) is 23.2 Å². The molecule has 6 rings (SSSR count). The first kappa shape index (κ1) is 15.7. The van der Waals surface area contributed by atoms with Gasteiger partial charge in [0.15, 0.2) is 5.76 Å². The molecule has 0 saturated heterocycles. The molecule has 4 bridgehead atoms. The molecule has 0 aliphatic heterocycles. The first-order valence-electron chi connectivity index (χ1n) is 10.2. The molecule has 1 aromatic carbocycles. The molecular formula is C23H30NO+. The largest absolute Gasteiger partial charge is 0.455 e. The molecule has 1 atom stereocenters. The summed E-state index contributed by atoms with van der Waals surface area (Å²) in [5.74, 6) is 5.21. The summed E-state index contributed by atoms with van der Waals surface area (Å²) in [6.45, 7) is 3.45. The van der Waals surface area contributed by atoms with Crippen molar-refractivity contribution < 1.29 is 9.73 Å². The van der Waals surface area contributed by atoms with Gasteiger partial charge >= 0.3 is 0 Å². The minimum Gasteiger partial charge on any atom is -0.455 e. The average Bonchev–Trinajstić information content (AvgIpc) is 3.08. The van der Waals surface area contributed by atoms with E-state index in [2.05, 4.69) is 48.6 Å². The van der Waals surface area contributed by atoms with Gasteiger partial charge < -0.3 is 9.73 Å². The molecule has 2 N–H and O–H groups in total. The molecule has 4 aliphatic carbocycles. The molecule has 4 saturated carbocycles. The van der Waals surface area contributed by atoms with Gasteiger partial charge in [-0.2, -0.15) is 0 Å². The van der Waals surface area contributed by atoms with E-state index in [1.54, 1.807) is 0 Å². The molecule has 1 aromatic heterocycles. The summed E-state index contributed by atoms with van der Waals surface area (Å²) in [5, 5.41) is 2.56. The van der Waals surface area contributed by atoms with Crippen LogP contribution in [-0.2, 0) is 6.54 Å². The third kappa shape index (κ3) is 2.85. The molecule has 132 valence electrons. The Morgan fingerprint density at radius 2 is 1.60 bits per heavy atom. The van der Waals surface area contributed by atoms with E-state index in [0.717, 1.165) is 35.8 Å². The Hall–Kier alpha value is -1.54. The monoisotopic (exact) mass is 336 g/mol. The van der Waals surface area contributed by atoms with E-state index in [9.17, 15) is 0 Å². The quantitative estimate of drug-likeness (QED) is 0.848. The molecule has 0 unspecified atom stereocenters. The highest BCUT2D eigenvalue weighted by molar-refractivity contribution is 5.57. The van der Waals surface area contributed by atoms with Crippen LogP contribution in [0.4, 0.5) is 0 Å². The minimum absolute atomic E-state index is 0.615. The van der Waals surface area contributed by atoms with Gasteiger partial charge in [-0.25, -0.2) is 0 Å². The Labute approximate surface area is 151 Å². The number of rotatable bonds is 5. The van der Waals surface area contributed by atoms with Crippen LogP contribution in [0.1, 0.15) is 51.2 Å². The fourth-order valence-electron chi connectivity index (χ4n) is 6.52. The first-order valence-corrected chi connectivity index (χ1v) is 10.2. The van der Waals surface area contributed by atoms with Crippen molar-refractivity contribution in [2.75, 3.05) is 0 Å². The third-order valence-corrected chi connectivity index (χ3v) is 7.44. The normalized spacial score (nSPS) is 34.4. The number of hydrogen-bond donors (Lipinski definition) is 1. The number of hydrogen-bond acceptors (Lipinski definition) is 1. The van der Waals surface area contributed by atoms with Crippen molar-refractivity contribution in [1.82, 2.24) is 0 Å². The van der Waals surface area contributed by atoms with Crippen molar-refractivity contribution in [3.63, 3.8) is 0 Å². The zero-order valence-electron chi connectivity index (χ0n) is 15.3. The van der Waals surface area contributed by atoms with Crippen molar-refractivity contribution in [3.05, 3.63) is 48.2 Å². The average molecular weight is 336 g/mol. The van der Waals surface area contributed by atoms with Crippen LogP contribution in [0.5, 0.6) is 0 Å². The Morgan fingerprint density at radius 3 is 2.24 bits per heavy atom. The van der Waals surface area contributed by atoms with Crippen LogP contribution in [0.15, 0.2) is 46.9 Å². The highest BCUT2D eigenvalue weighted by atomic mass is 16.3. The second-order valence-electron chi connectivity index (χ2n) is 9.14. The summed E-state index contributed by atoms with van der Waals surface area (Å²) in [6.07, 6.45) is 9.07.